The minimum Gasteiger partial charge on any atom is -0.368 e. The number of aryl methyl sites for hydroxylation is 1. The van der Waals surface area contributed by atoms with Gasteiger partial charge in [0, 0.05) is 24.2 Å². The van der Waals surface area contributed by atoms with Crippen molar-refractivity contribution in [2.45, 2.75) is 6.04 Å². The summed E-state index contributed by atoms with van der Waals surface area (Å²) < 4.78 is 1.66. The van der Waals surface area contributed by atoms with Crippen molar-refractivity contribution in [2.24, 2.45) is 12.8 Å². The Morgan fingerprint density at radius 1 is 1.29 bits per heavy atom. The molecule has 0 bridgehead atoms. The molecule has 1 atom stereocenters. The first-order valence-corrected chi connectivity index (χ1v) is 8.02. The summed E-state index contributed by atoms with van der Waals surface area (Å²) in [6, 6.07) is 7.95. The van der Waals surface area contributed by atoms with Gasteiger partial charge in [-0.1, -0.05) is 30.3 Å². The molecule has 3 N–H and O–H groups in total. The van der Waals surface area contributed by atoms with Crippen LogP contribution in [0.2, 0.25) is 0 Å². The first-order valence-electron chi connectivity index (χ1n) is 7.14. The van der Waals surface area contributed by atoms with Gasteiger partial charge in [0.25, 0.3) is 5.91 Å². The molecule has 0 saturated heterocycles. The fraction of sp³-hybridized carbons (Fsp3) is 0.125. The van der Waals surface area contributed by atoms with Crippen molar-refractivity contribution < 1.29 is 9.59 Å². The van der Waals surface area contributed by atoms with Crippen LogP contribution in [-0.4, -0.2) is 26.6 Å². The standard InChI is InChI=1S/C16H15N5O2S/c1-21-8-11(7-18-21)16-19-12(9-24-16)15(23)20-13(14(17)22)10-5-3-2-4-6-10/h2-9,13H,1H3,(H2,17,22)(H,20,23). The number of amides is 2. The Morgan fingerprint density at radius 2 is 2.04 bits per heavy atom. The second-order valence-electron chi connectivity index (χ2n) is 5.16. The Hall–Kier alpha value is -3.00. The van der Waals surface area contributed by atoms with Gasteiger partial charge in [-0.15, -0.1) is 11.3 Å². The zero-order valence-electron chi connectivity index (χ0n) is 12.8. The second kappa shape index (κ2) is 6.63. The minimum absolute atomic E-state index is 0.237. The van der Waals surface area contributed by atoms with E-state index in [1.54, 1.807) is 40.5 Å². The molecule has 122 valence electrons. The van der Waals surface area contributed by atoms with Crippen molar-refractivity contribution in [1.82, 2.24) is 20.1 Å². The number of carbonyl (C=O) groups is 2. The van der Waals surface area contributed by atoms with E-state index in [2.05, 4.69) is 15.4 Å². The average Bonchev–Trinajstić information content (AvgIpc) is 3.21. The largest absolute Gasteiger partial charge is 0.368 e. The van der Waals surface area contributed by atoms with Gasteiger partial charge in [0.15, 0.2) is 0 Å². The van der Waals surface area contributed by atoms with Crippen molar-refractivity contribution in [3.63, 3.8) is 0 Å². The third-order valence-corrected chi connectivity index (χ3v) is 4.27. The number of benzene rings is 1. The molecule has 0 fully saturated rings. The number of primary amides is 1. The Bertz CT molecular complexity index is 871. The van der Waals surface area contributed by atoms with Crippen LogP contribution in [0, 0.1) is 0 Å². The van der Waals surface area contributed by atoms with Gasteiger partial charge in [-0.3, -0.25) is 14.3 Å². The first-order chi connectivity index (χ1) is 11.5. The Morgan fingerprint density at radius 3 is 2.67 bits per heavy atom. The van der Waals surface area contributed by atoms with E-state index in [9.17, 15) is 9.59 Å². The number of carbonyl (C=O) groups excluding carboxylic acids is 2. The number of thiazole rings is 1. The molecular formula is C16H15N5O2S. The zero-order chi connectivity index (χ0) is 17.1. The molecule has 0 radical (unpaired) electrons. The van der Waals surface area contributed by atoms with Gasteiger partial charge in [0.2, 0.25) is 5.91 Å². The van der Waals surface area contributed by atoms with Crippen molar-refractivity contribution in [3.05, 3.63) is 59.4 Å². The molecule has 24 heavy (non-hydrogen) atoms. The molecule has 2 aromatic heterocycles. The summed E-state index contributed by atoms with van der Waals surface area (Å²) in [5.41, 5.74) is 7.10. The van der Waals surface area contributed by atoms with Crippen LogP contribution in [-0.2, 0) is 11.8 Å². The van der Waals surface area contributed by atoms with E-state index in [1.165, 1.54) is 11.3 Å². The Labute approximate surface area is 142 Å². The molecular weight excluding hydrogens is 326 g/mol. The predicted octanol–water partition coefficient (Wildman–Crippen LogP) is 1.50. The molecule has 2 heterocycles. The van der Waals surface area contributed by atoms with E-state index < -0.39 is 17.9 Å². The van der Waals surface area contributed by atoms with E-state index in [0.29, 0.717) is 10.6 Å². The van der Waals surface area contributed by atoms with Gasteiger partial charge >= 0.3 is 0 Å². The minimum atomic E-state index is -0.901. The smallest absolute Gasteiger partial charge is 0.271 e. The fourth-order valence-electron chi connectivity index (χ4n) is 2.21. The maximum atomic E-state index is 12.4. The number of hydrogen-bond acceptors (Lipinski definition) is 5. The normalized spacial score (nSPS) is 11.9. The quantitative estimate of drug-likeness (QED) is 0.734. The summed E-state index contributed by atoms with van der Waals surface area (Å²) in [6.07, 6.45) is 3.49. The van der Waals surface area contributed by atoms with Gasteiger partial charge in [-0.25, -0.2) is 4.98 Å². The van der Waals surface area contributed by atoms with E-state index in [4.69, 9.17) is 5.73 Å². The molecule has 3 rings (SSSR count). The lowest BCUT2D eigenvalue weighted by Crippen LogP contribution is -2.37. The number of hydrogen-bond donors (Lipinski definition) is 2. The van der Waals surface area contributed by atoms with Crippen molar-refractivity contribution >= 4 is 23.2 Å². The highest BCUT2D eigenvalue weighted by molar-refractivity contribution is 7.13. The SMILES string of the molecule is Cn1cc(-c2nc(C(=O)NC(C(N)=O)c3ccccc3)cs2)cn1. The molecule has 7 nitrogen and oxygen atoms in total. The molecule has 0 aliphatic rings. The molecule has 1 aromatic carbocycles. The molecule has 0 saturated carbocycles. The van der Waals surface area contributed by atoms with Crippen LogP contribution in [0.5, 0.6) is 0 Å². The fourth-order valence-corrected chi connectivity index (χ4v) is 2.99. The van der Waals surface area contributed by atoms with Gasteiger partial charge < -0.3 is 11.1 Å². The lowest BCUT2D eigenvalue weighted by molar-refractivity contribution is -0.120. The van der Waals surface area contributed by atoms with Gasteiger partial charge in [-0.05, 0) is 5.56 Å². The number of nitrogens with zero attached hydrogens (tertiary/aromatic N) is 3. The zero-order valence-corrected chi connectivity index (χ0v) is 13.7. The number of nitrogens with one attached hydrogen (secondary N) is 1. The van der Waals surface area contributed by atoms with Crippen LogP contribution in [0.25, 0.3) is 10.6 Å². The van der Waals surface area contributed by atoms with Gasteiger partial charge in [-0.2, -0.15) is 5.10 Å². The molecule has 8 heteroatoms. The third kappa shape index (κ3) is 3.33. The molecule has 1 unspecified atom stereocenters. The summed E-state index contributed by atoms with van der Waals surface area (Å²) in [5, 5.41) is 9.03. The van der Waals surface area contributed by atoms with Crippen LogP contribution in [0.15, 0.2) is 48.1 Å². The molecule has 3 aromatic rings. The maximum absolute atomic E-state index is 12.4. The lowest BCUT2D eigenvalue weighted by Gasteiger charge is -2.14. The first kappa shape index (κ1) is 15.9. The molecule has 2 amide bonds. The topological polar surface area (TPSA) is 103 Å². The van der Waals surface area contributed by atoms with Crippen LogP contribution in [0.4, 0.5) is 0 Å². The van der Waals surface area contributed by atoms with Crippen LogP contribution < -0.4 is 11.1 Å². The number of nitrogens with two attached hydrogens (primary N) is 1. The van der Waals surface area contributed by atoms with Crippen molar-refractivity contribution in [1.29, 1.82) is 0 Å². The number of rotatable bonds is 5. The molecule has 0 aliphatic heterocycles. The molecule has 0 aliphatic carbocycles. The van der Waals surface area contributed by atoms with E-state index >= 15 is 0 Å². The highest BCUT2D eigenvalue weighted by Gasteiger charge is 2.22. The Kier molecular flexibility index (Phi) is 4.39. The Balaban J connectivity index is 1.79. The summed E-state index contributed by atoms with van der Waals surface area (Å²) in [7, 11) is 1.81. The molecule has 0 spiro atoms. The van der Waals surface area contributed by atoms with Crippen LogP contribution in [0.1, 0.15) is 22.1 Å². The number of aromatic nitrogens is 3. The summed E-state index contributed by atoms with van der Waals surface area (Å²) in [6.45, 7) is 0. The maximum Gasteiger partial charge on any atom is 0.271 e. The monoisotopic (exact) mass is 341 g/mol. The van der Waals surface area contributed by atoms with Crippen molar-refractivity contribution in [3.8, 4) is 10.6 Å². The summed E-state index contributed by atoms with van der Waals surface area (Å²) in [4.78, 5) is 28.4. The van der Waals surface area contributed by atoms with E-state index in [0.717, 1.165) is 5.56 Å². The average molecular weight is 341 g/mol. The predicted molar refractivity (Wildman–Crippen MR) is 90.2 cm³/mol. The highest BCUT2D eigenvalue weighted by atomic mass is 32.1. The lowest BCUT2D eigenvalue weighted by atomic mass is 10.1. The van der Waals surface area contributed by atoms with E-state index in [1.807, 2.05) is 19.3 Å². The van der Waals surface area contributed by atoms with Gasteiger partial charge in [0.1, 0.15) is 16.7 Å². The summed E-state index contributed by atoms with van der Waals surface area (Å²) >= 11 is 1.33. The highest BCUT2D eigenvalue weighted by Crippen LogP contribution is 2.23. The second-order valence-corrected chi connectivity index (χ2v) is 6.02. The summed E-state index contributed by atoms with van der Waals surface area (Å²) in [5.74, 6) is -1.08. The van der Waals surface area contributed by atoms with E-state index in [-0.39, 0.29) is 5.69 Å². The third-order valence-electron chi connectivity index (χ3n) is 3.38. The van der Waals surface area contributed by atoms with Crippen LogP contribution >= 0.6 is 11.3 Å². The van der Waals surface area contributed by atoms with Gasteiger partial charge in [0.05, 0.1) is 6.20 Å². The van der Waals surface area contributed by atoms with Crippen molar-refractivity contribution in [2.75, 3.05) is 0 Å². The van der Waals surface area contributed by atoms with Crippen LogP contribution in [0.3, 0.4) is 0 Å².